The van der Waals surface area contributed by atoms with Crippen LogP contribution in [0.1, 0.15) is 22.8 Å². The van der Waals surface area contributed by atoms with Gasteiger partial charge in [-0.2, -0.15) is 0 Å². The van der Waals surface area contributed by atoms with Gasteiger partial charge in [0.05, 0.1) is 6.61 Å². The van der Waals surface area contributed by atoms with Crippen LogP contribution in [0.2, 0.25) is 0 Å². The van der Waals surface area contributed by atoms with E-state index in [1.807, 2.05) is 42.5 Å². The summed E-state index contributed by atoms with van der Waals surface area (Å²) in [6.45, 7) is 1.08. The van der Waals surface area contributed by atoms with Crippen LogP contribution in [0, 0.1) is 0 Å². The van der Waals surface area contributed by atoms with Crippen molar-refractivity contribution in [3.8, 4) is 0 Å². The van der Waals surface area contributed by atoms with E-state index in [1.165, 1.54) is 5.56 Å². The number of amides is 1. The van der Waals surface area contributed by atoms with Gasteiger partial charge in [-0.25, -0.2) is 0 Å². The summed E-state index contributed by atoms with van der Waals surface area (Å²) in [5, 5.41) is 2.96. The predicted octanol–water partition coefficient (Wildman–Crippen LogP) is 3.38. The quantitative estimate of drug-likeness (QED) is 0.925. The van der Waals surface area contributed by atoms with Crippen molar-refractivity contribution in [1.29, 1.82) is 0 Å². The van der Waals surface area contributed by atoms with Crippen LogP contribution in [-0.4, -0.2) is 12.5 Å². The number of carbonyl (C=O) groups excluding carboxylic acids is 1. The van der Waals surface area contributed by atoms with Crippen molar-refractivity contribution < 1.29 is 9.53 Å². The lowest BCUT2D eigenvalue weighted by molar-refractivity contribution is -0.134. The van der Waals surface area contributed by atoms with E-state index in [1.54, 1.807) is 0 Å². The number of ether oxygens (including phenoxy) is 1. The van der Waals surface area contributed by atoms with Gasteiger partial charge in [0.1, 0.15) is 0 Å². The number of carbonyl (C=O) groups is 1. The highest BCUT2D eigenvalue weighted by Gasteiger charge is 2.26. The van der Waals surface area contributed by atoms with Gasteiger partial charge in [-0.05, 0) is 29.2 Å². The van der Waals surface area contributed by atoms with E-state index in [-0.39, 0.29) is 5.91 Å². The lowest BCUT2D eigenvalue weighted by Crippen LogP contribution is -2.33. The third kappa shape index (κ3) is 3.17. The van der Waals surface area contributed by atoms with Crippen LogP contribution in [0.15, 0.2) is 53.0 Å². The van der Waals surface area contributed by atoms with Crippen LogP contribution in [0.5, 0.6) is 0 Å². The first kappa shape index (κ1) is 14.3. The van der Waals surface area contributed by atoms with Crippen LogP contribution in [0.3, 0.4) is 0 Å². The summed E-state index contributed by atoms with van der Waals surface area (Å²) < 4.78 is 6.66. The number of benzene rings is 2. The highest BCUT2D eigenvalue weighted by atomic mass is 79.9. The fraction of sp³-hybridized carbons (Fsp3) is 0.235. The normalized spacial score (nSPS) is 17.1. The minimum Gasteiger partial charge on any atom is -0.363 e. The second-order valence-electron chi connectivity index (χ2n) is 5.01. The molecule has 0 saturated carbocycles. The Bertz CT molecular complexity index is 657. The summed E-state index contributed by atoms with van der Waals surface area (Å²) in [5.74, 6) is -0.0853. The third-order valence-electron chi connectivity index (χ3n) is 3.64. The van der Waals surface area contributed by atoms with Gasteiger partial charge >= 0.3 is 0 Å². The summed E-state index contributed by atoms with van der Waals surface area (Å²) in [5.41, 5.74) is 3.23. The summed E-state index contributed by atoms with van der Waals surface area (Å²) in [4.78, 5) is 12.4. The molecule has 1 aliphatic rings. The van der Waals surface area contributed by atoms with Gasteiger partial charge in [0.25, 0.3) is 5.91 Å². The van der Waals surface area contributed by atoms with Crippen LogP contribution < -0.4 is 5.32 Å². The molecule has 21 heavy (non-hydrogen) atoms. The van der Waals surface area contributed by atoms with Gasteiger partial charge in [0.2, 0.25) is 0 Å². The zero-order chi connectivity index (χ0) is 14.7. The first-order valence-electron chi connectivity index (χ1n) is 6.96. The molecule has 4 heteroatoms. The van der Waals surface area contributed by atoms with Crippen LogP contribution in [-0.2, 0) is 22.5 Å². The van der Waals surface area contributed by atoms with Crippen molar-refractivity contribution in [1.82, 2.24) is 5.32 Å². The molecule has 1 heterocycles. The van der Waals surface area contributed by atoms with Gasteiger partial charge in [0, 0.05) is 11.0 Å². The Balaban J connectivity index is 1.71. The number of nitrogens with one attached hydrogen (secondary N) is 1. The molecule has 0 saturated heterocycles. The van der Waals surface area contributed by atoms with Gasteiger partial charge in [0.15, 0.2) is 6.10 Å². The maximum absolute atomic E-state index is 12.4. The lowest BCUT2D eigenvalue weighted by Gasteiger charge is -2.25. The molecular formula is C17H16BrNO2. The Morgan fingerprint density at radius 2 is 1.95 bits per heavy atom. The van der Waals surface area contributed by atoms with E-state index in [2.05, 4.69) is 27.3 Å². The van der Waals surface area contributed by atoms with E-state index in [4.69, 9.17) is 4.74 Å². The molecule has 3 nitrogen and oxygen atoms in total. The zero-order valence-electron chi connectivity index (χ0n) is 11.5. The summed E-state index contributed by atoms with van der Waals surface area (Å²) in [6, 6.07) is 15.8. The summed E-state index contributed by atoms with van der Waals surface area (Å²) in [6.07, 6.45) is 0.363. The van der Waals surface area contributed by atoms with Crippen LogP contribution in [0.25, 0.3) is 0 Å². The summed E-state index contributed by atoms with van der Waals surface area (Å²) >= 11 is 3.49. The number of halogens is 1. The first-order valence-corrected chi connectivity index (χ1v) is 7.75. The molecule has 1 atom stereocenters. The van der Waals surface area contributed by atoms with E-state index in [0.717, 1.165) is 22.0 Å². The monoisotopic (exact) mass is 345 g/mol. The minimum atomic E-state index is -0.502. The van der Waals surface area contributed by atoms with Gasteiger partial charge in [-0.15, -0.1) is 0 Å². The molecule has 0 radical (unpaired) electrons. The molecule has 1 unspecified atom stereocenters. The highest BCUT2D eigenvalue weighted by Crippen LogP contribution is 2.27. The van der Waals surface area contributed by atoms with Gasteiger partial charge in [-0.3, -0.25) is 4.79 Å². The van der Waals surface area contributed by atoms with Gasteiger partial charge in [-0.1, -0.05) is 58.4 Å². The van der Waals surface area contributed by atoms with Crippen molar-refractivity contribution in [2.75, 3.05) is 6.61 Å². The van der Waals surface area contributed by atoms with Crippen molar-refractivity contribution in [3.05, 3.63) is 69.7 Å². The zero-order valence-corrected chi connectivity index (χ0v) is 13.1. The molecule has 0 aliphatic carbocycles. The van der Waals surface area contributed by atoms with Crippen molar-refractivity contribution in [2.24, 2.45) is 0 Å². The minimum absolute atomic E-state index is 0.0853. The first-order chi connectivity index (χ1) is 10.3. The lowest BCUT2D eigenvalue weighted by atomic mass is 9.97. The Morgan fingerprint density at radius 1 is 1.19 bits per heavy atom. The molecule has 0 fully saturated rings. The summed E-state index contributed by atoms with van der Waals surface area (Å²) in [7, 11) is 0. The molecule has 108 valence electrons. The molecule has 1 N–H and O–H groups in total. The maximum Gasteiger partial charge on any atom is 0.254 e. The number of fused-ring (bicyclic) bond motifs is 1. The van der Waals surface area contributed by atoms with Crippen molar-refractivity contribution in [2.45, 2.75) is 19.1 Å². The average Bonchev–Trinajstić information content (AvgIpc) is 2.53. The smallest absolute Gasteiger partial charge is 0.254 e. The molecule has 2 aromatic rings. The standard InChI is InChI=1S/C17H16BrNO2/c18-15-8-4-2-6-13(15)11-19-17(20)16-14-7-3-1-5-12(14)9-10-21-16/h1-8,16H,9-11H2,(H,19,20). The second-order valence-corrected chi connectivity index (χ2v) is 5.86. The molecule has 1 amide bonds. The Hall–Kier alpha value is -1.65. The number of hydrogen-bond donors (Lipinski definition) is 1. The molecule has 1 aliphatic heterocycles. The predicted molar refractivity (Wildman–Crippen MR) is 84.8 cm³/mol. The fourth-order valence-electron chi connectivity index (χ4n) is 2.53. The molecule has 3 rings (SSSR count). The number of hydrogen-bond acceptors (Lipinski definition) is 2. The molecule has 0 aromatic heterocycles. The van der Waals surface area contributed by atoms with Crippen LogP contribution in [0.4, 0.5) is 0 Å². The highest BCUT2D eigenvalue weighted by molar-refractivity contribution is 9.10. The molecular weight excluding hydrogens is 330 g/mol. The van der Waals surface area contributed by atoms with Gasteiger partial charge < -0.3 is 10.1 Å². The van der Waals surface area contributed by atoms with E-state index in [0.29, 0.717) is 13.2 Å². The average molecular weight is 346 g/mol. The third-order valence-corrected chi connectivity index (χ3v) is 4.42. The van der Waals surface area contributed by atoms with Crippen molar-refractivity contribution in [3.63, 3.8) is 0 Å². The topological polar surface area (TPSA) is 38.3 Å². The molecule has 2 aromatic carbocycles. The Labute approximate surface area is 132 Å². The fourth-order valence-corrected chi connectivity index (χ4v) is 2.95. The van der Waals surface area contributed by atoms with Crippen LogP contribution >= 0.6 is 15.9 Å². The Morgan fingerprint density at radius 3 is 2.81 bits per heavy atom. The molecule has 0 bridgehead atoms. The van der Waals surface area contributed by atoms with E-state index >= 15 is 0 Å². The second kappa shape index (κ2) is 6.41. The number of rotatable bonds is 3. The van der Waals surface area contributed by atoms with E-state index in [9.17, 15) is 4.79 Å². The largest absolute Gasteiger partial charge is 0.363 e. The maximum atomic E-state index is 12.4. The SMILES string of the molecule is O=C(NCc1ccccc1Br)C1OCCc2ccccc21. The molecule has 0 spiro atoms. The van der Waals surface area contributed by atoms with Crippen molar-refractivity contribution >= 4 is 21.8 Å². The van der Waals surface area contributed by atoms with E-state index < -0.39 is 6.10 Å². The Kier molecular flexibility index (Phi) is 4.36.